The lowest BCUT2D eigenvalue weighted by Gasteiger charge is -2.36. The van der Waals surface area contributed by atoms with Crippen molar-refractivity contribution in [1.29, 1.82) is 0 Å². The van der Waals surface area contributed by atoms with Gasteiger partial charge in [0.15, 0.2) is 0 Å². The molecule has 1 N–H and O–H groups in total. The average Bonchev–Trinajstić information content (AvgIpc) is 3.42. The van der Waals surface area contributed by atoms with Crippen molar-refractivity contribution < 1.29 is 4.79 Å². The first-order valence-corrected chi connectivity index (χ1v) is 9.48. The SMILES string of the molecule is Cl.Cn1ccnc1C1CNCCN1CC(=O)N(Cc1ccccc1)C1CC1. The summed E-state index contributed by atoms with van der Waals surface area (Å²) in [5.41, 5.74) is 1.20. The van der Waals surface area contributed by atoms with Crippen molar-refractivity contribution >= 4 is 18.3 Å². The van der Waals surface area contributed by atoms with Crippen LogP contribution >= 0.6 is 12.4 Å². The van der Waals surface area contributed by atoms with E-state index in [0.717, 1.165) is 38.3 Å². The van der Waals surface area contributed by atoms with E-state index in [9.17, 15) is 4.79 Å². The molecule has 1 aliphatic carbocycles. The van der Waals surface area contributed by atoms with Gasteiger partial charge < -0.3 is 14.8 Å². The van der Waals surface area contributed by atoms with Gasteiger partial charge >= 0.3 is 0 Å². The molecule has 1 saturated carbocycles. The molecule has 27 heavy (non-hydrogen) atoms. The van der Waals surface area contributed by atoms with Crippen LogP contribution in [0.3, 0.4) is 0 Å². The molecule has 2 aliphatic rings. The quantitative estimate of drug-likeness (QED) is 0.820. The van der Waals surface area contributed by atoms with Gasteiger partial charge in [0.05, 0.1) is 12.6 Å². The van der Waals surface area contributed by atoms with Crippen molar-refractivity contribution in [2.75, 3.05) is 26.2 Å². The number of rotatable bonds is 6. The normalized spacial score (nSPS) is 20.1. The summed E-state index contributed by atoms with van der Waals surface area (Å²) in [6, 6.07) is 10.9. The van der Waals surface area contributed by atoms with Crippen LogP contribution in [-0.4, -0.2) is 57.5 Å². The molecule has 2 fully saturated rings. The zero-order chi connectivity index (χ0) is 17.9. The lowest BCUT2D eigenvalue weighted by molar-refractivity contribution is -0.134. The Kier molecular flexibility index (Phi) is 6.52. The Hall–Kier alpha value is -1.89. The van der Waals surface area contributed by atoms with Gasteiger partial charge in [0.2, 0.25) is 5.91 Å². The molecular formula is C20H28ClN5O. The number of benzene rings is 1. The standard InChI is InChI=1S/C20H27N5O.ClH/c1-23-11-10-22-20(23)18-13-21-9-12-24(18)15-19(26)25(17-7-8-17)14-16-5-3-2-4-6-16;/h2-6,10-11,17-18,21H,7-9,12-15H2,1H3;1H. The van der Waals surface area contributed by atoms with E-state index in [1.165, 1.54) is 5.56 Å². The molecule has 1 atom stereocenters. The van der Waals surface area contributed by atoms with Gasteiger partial charge in [-0.1, -0.05) is 30.3 Å². The van der Waals surface area contributed by atoms with Gasteiger partial charge in [-0.2, -0.15) is 0 Å². The van der Waals surface area contributed by atoms with Gasteiger partial charge in [0, 0.05) is 51.7 Å². The molecule has 1 amide bonds. The summed E-state index contributed by atoms with van der Waals surface area (Å²) in [6.45, 7) is 3.79. The van der Waals surface area contributed by atoms with Crippen molar-refractivity contribution in [2.45, 2.75) is 31.5 Å². The smallest absolute Gasteiger partial charge is 0.237 e. The highest BCUT2D eigenvalue weighted by Crippen LogP contribution is 2.29. The highest BCUT2D eigenvalue weighted by Gasteiger charge is 2.35. The first-order chi connectivity index (χ1) is 12.7. The number of carbonyl (C=O) groups is 1. The highest BCUT2D eigenvalue weighted by atomic mass is 35.5. The number of carbonyl (C=O) groups excluding carboxylic acids is 1. The van der Waals surface area contributed by atoms with E-state index in [-0.39, 0.29) is 24.4 Å². The van der Waals surface area contributed by atoms with Crippen LogP contribution in [0.5, 0.6) is 0 Å². The Morgan fingerprint density at radius 2 is 2.07 bits per heavy atom. The second kappa shape index (κ2) is 8.87. The fourth-order valence-corrected chi connectivity index (χ4v) is 3.74. The first-order valence-electron chi connectivity index (χ1n) is 9.48. The van der Waals surface area contributed by atoms with E-state index < -0.39 is 0 Å². The Morgan fingerprint density at radius 1 is 1.30 bits per heavy atom. The molecule has 2 heterocycles. The number of amides is 1. The van der Waals surface area contributed by atoms with E-state index in [0.29, 0.717) is 19.1 Å². The van der Waals surface area contributed by atoms with Crippen LogP contribution in [0.4, 0.5) is 0 Å². The molecule has 1 aromatic heterocycles. The minimum absolute atomic E-state index is 0. The number of aromatic nitrogens is 2. The summed E-state index contributed by atoms with van der Waals surface area (Å²) in [4.78, 5) is 22.0. The van der Waals surface area contributed by atoms with E-state index in [1.807, 2.05) is 37.6 Å². The summed E-state index contributed by atoms with van der Waals surface area (Å²) in [6.07, 6.45) is 6.05. The molecule has 146 valence electrons. The van der Waals surface area contributed by atoms with Gasteiger partial charge in [-0.05, 0) is 18.4 Å². The summed E-state index contributed by atoms with van der Waals surface area (Å²) in [5, 5.41) is 3.44. The predicted octanol–water partition coefficient (Wildman–Crippen LogP) is 1.98. The third-order valence-electron chi connectivity index (χ3n) is 5.35. The molecule has 1 aromatic carbocycles. The van der Waals surface area contributed by atoms with Crippen molar-refractivity contribution in [2.24, 2.45) is 7.05 Å². The Balaban J connectivity index is 0.00000210. The second-order valence-electron chi connectivity index (χ2n) is 7.33. The molecular weight excluding hydrogens is 362 g/mol. The Bertz CT molecular complexity index is 746. The molecule has 1 aliphatic heterocycles. The number of hydrogen-bond donors (Lipinski definition) is 1. The van der Waals surface area contributed by atoms with Crippen LogP contribution in [0.2, 0.25) is 0 Å². The van der Waals surface area contributed by atoms with Crippen LogP contribution in [0, 0.1) is 0 Å². The van der Waals surface area contributed by atoms with E-state index in [2.05, 4.69) is 36.8 Å². The number of halogens is 1. The maximum Gasteiger partial charge on any atom is 0.237 e. The van der Waals surface area contributed by atoms with Crippen LogP contribution < -0.4 is 5.32 Å². The number of aryl methyl sites for hydroxylation is 1. The van der Waals surface area contributed by atoms with Gasteiger partial charge in [-0.25, -0.2) is 4.98 Å². The lowest BCUT2D eigenvalue weighted by Crippen LogP contribution is -2.51. The third-order valence-corrected chi connectivity index (χ3v) is 5.35. The van der Waals surface area contributed by atoms with Crippen LogP contribution in [0.15, 0.2) is 42.7 Å². The summed E-state index contributed by atoms with van der Waals surface area (Å²) >= 11 is 0. The van der Waals surface area contributed by atoms with Gasteiger partial charge in [-0.15, -0.1) is 12.4 Å². The number of imidazole rings is 1. The van der Waals surface area contributed by atoms with Crippen LogP contribution in [0.25, 0.3) is 0 Å². The van der Waals surface area contributed by atoms with Crippen LogP contribution in [-0.2, 0) is 18.4 Å². The van der Waals surface area contributed by atoms with E-state index >= 15 is 0 Å². The van der Waals surface area contributed by atoms with Gasteiger partial charge in [-0.3, -0.25) is 9.69 Å². The van der Waals surface area contributed by atoms with Crippen molar-refractivity contribution in [1.82, 2.24) is 24.7 Å². The maximum absolute atomic E-state index is 13.1. The minimum atomic E-state index is 0. The molecule has 4 rings (SSSR count). The molecule has 7 heteroatoms. The molecule has 2 aromatic rings. The second-order valence-corrected chi connectivity index (χ2v) is 7.33. The highest BCUT2D eigenvalue weighted by molar-refractivity contribution is 5.85. The van der Waals surface area contributed by atoms with Crippen LogP contribution in [0.1, 0.15) is 30.3 Å². The molecule has 1 unspecified atom stereocenters. The van der Waals surface area contributed by atoms with Gasteiger partial charge in [0.25, 0.3) is 0 Å². The molecule has 6 nitrogen and oxygen atoms in total. The van der Waals surface area contributed by atoms with Crippen molar-refractivity contribution in [3.05, 3.63) is 54.1 Å². The monoisotopic (exact) mass is 389 g/mol. The molecule has 0 bridgehead atoms. The molecule has 0 radical (unpaired) electrons. The third kappa shape index (κ3) is 4.69. The fraction of sp³-hybridized carbons (Fsp3) is 0.500. The lowest BCUT2D eigenvalue weighted by atomic mass is 10.1. The van der Waals surface area contributed by atoms with Crippen molar-refractivity contribution in [3.8, 4) is 0 Å². The van der Waals surface area contributed by atoms with Gasteiger partial charge in [0.1, 0.15) is 5.82 Å². The van der Waals surface area contributed by atoms with E-state index in [4.69, 9.17) is 0 Å². The van der Waals surface area contributed by atoms with E-state index in [1.54, 1.807) is 0 Å². The minimum Gasteiger partial charge on any atom is -0.337 e. The number of nitrogens with one attached hydrogen (secondary N) is 1. The number of nitrogens with zero attached hydrogens (tertiary/aromatic N) is 4. The average molecular weight is 390 g/mol. The Labute approximate surface area is 167 Å². The molecule has 1 saturated heterocycles. The summed E-state index contributed by atoms with van der Waals surface area (Å²) < 4.78 is 2.05. The Morgan fingerprint density at radius 3 is 2.74 bits per heavy atom. The molecule has 0 spiro atoms. The topological polar surface area (TPSA) is 53.4 Å². The first kappa shape index (κ1) is 19.9. The van der Waals surface area contributed by atoms with Crippen molar-refractivity contribution in [3.63, 3.8) is 0 Å². The largest absolute Gasteiger partial charge is 0.337 e. The fourth-order valence-electron chi connectivity index (χ4n) is 3.74. The number of hydrogen-bond acceptors (Lipinski definition) is 4. The number of piperazine rings is 1. The summed E-state index contributed by atoms with van der Waals surface area (Å²) in [5.74, 6) is 1.25. The predicted molar refractivity (Wildman–Crippen MR) is 108 cm³/mol. The summed E-state index contributed by atoms with van der Waals surface area (Å²) in [7, 11) is 2.02. The zero-order valence-corrected chi connectivity index (χ0v) is 16.6. The zero-order valence-electron chi connectivity index (χ0n) is 15.8. The maximum atomic E-state index is 13.1.